The van der Waals surface area contributed by atoms with Crippen LogP contribution in [-0.4, -0.2) is 9.55 Å². The zero-order valence-corrected chi connectivity index (χ0v) is 11.6. The minimum atomic E-state index is -0.167. The molecule has 18 heavy (non-hydrogen) atoms. The van der Waals surface area contributed by atoms with Gasteiger partial charge in [0.2, 0.25) is 0 Å². The van der Waals surface area contributed by atoms with E-state index in [0.29, 0.717) is 10.3 Å². The summed E-state index contributed by atoms with van der Waals surface area (Å²) in [4.78, 5) is 3.05. The molecule has 1 atom stereocenters. The molecule has 1 unspecified atom stereocenters. The van der Waals surface area contributed by atoms with E-state index in [1.54, 1.807) is 13.0 Å². The Bertz CT molecular complexity index is 612. The number of aromatic amines is 1. The Morgan fingerprint density at radius 2 is 2.17 bits per heavy atom. The van der Waals surface area contributed by atoms with Crippen molar-refractivity contribution in [2.75, 3.05) is 0 Å². The summed E-state index contributed by atoms with van der Waals surface area (Å²) in [6.07, 6.45) is 2.81. The van der Waals surface area contributed by atoms with Crippen molar-refractivity contribution < 1.29 is 4.39 Å². The predicted octanol–water partition coefficient (Wildman–Crippen LogP) is 4.16. The summed E-state index contributed by atoms with van der Waals surface area (Å²) in [5.74, 6) is -0.167. The van der Waals surface area contributed by atoms with Gasteiger partial charge in [-0.1, -0.05) is 19.1 Å². The number of hydrogen-bond donors (Lipinski definition) is 1. The third kappa shape index (κ3) is 2.25. The maximum absolute atomic E-state index is 13.6. The van der Waals surface area contributed by atoms with Gasteiger partial charge in [-0.05, 0) is 49.7 Å². The van der Waals surface area contributed by atoms with E-state index >= 15 is 0 Å². The summed E-state index contributed by atoms with van der Waals surface area (Å²) in [5.41, 5.74) is 2.73. The van der Waals surface area contributed by atoms with Crippen LogP contribution in [0.2, 0.25) is 0 Å². The molecule has 2 aromatic rings. The van der Waals surface area contributed by atoms with Crippen LogP contribution in [0.3, 0.4) is 0 Å². The third-order valence-electron chi connectivity index (χ3n) is 3.32. The second-order valence-electron chi connectivity index (χ2n) is 4.49. The monoisotopic (exact) mass is 264 g/mol. The van der Waals surface area contributed by atoms with Gasteiger partial charge < -0.3 is 9.55 Å². The van der Waals surface area contributed by atoms with Gasteiger partial charge >= 0.3 is 0 Å². The van der Waals surface area contributed by atoms with Crippen molar-refractivity contribution in [2.45, 2.75) is 33.2 Å². The molecule has 0 aliphatic carbocycles. The molecule has 2 rings (SSSR count). The van der Waals surface area contributed by atoms with Crippen molar-refractivity contribution in [1.82, 2.24) is 9.55 Å². The number of aryl methyl sites for hydroxylation is 2. The zero-order chi connectivity index (χ0) is 13.3. The van der Waals surface area contributed by atoms with Crippen LogP contribution in [0.5, 0.6) is 0 Å². The quantitative estimate of drug-likeness (QED) is 0.825. The molecule has 0 amide bonds. The highest BCUT2D eigenvalue weighted by atomic mass is 32.1. The van der Waals surface area contributed by atoms with Gasteiger partial charge in [0.15, 0.2) is 4.77 Å². The van der Waals surface area contributed by atoms with Gasteiger partial charge in [0, 0.05) is 11.9 Å². The molecule has 0 saturated carbocycles. The van der Waals surface area contributed by atoms with Crippen LogP contribution in [0.25, 0.3) is 0 Å². The molecule has 0 radical (unpaired) electrons. The molecule has 1 aromatic heterocycles. The number of aromatic nitrogens is 2. The maximum Gasteiger partial charge on any atom is 0.177 e. The van der Waals surface area contributed by atoms with E-state index in [0.717, 1.165) is 17.7 Å². The lowest BCUT2D eigenvalue weighted by Crippen LogP contribution is -2.10. The Morgan fingerprint density at radius 3 is 2.78 bits per heavy atom. The fourth-order valence-corrected chi connectivity index (χ4v) is 2.46. The third-order valence-corrected chi connectivity index (χ3v) is 3.63. The highest BCUT2D eigenvalue weighted by molar-refractivity contribution is 7.71. The van der Waals surface area contributed by atoms with Crippen molar-refractivity contribution in [3.63, 3.8) is 0 Å². The molecule has 96 valence electrons. The van der Waals surface area contributed by atoms with E-state index in [1.165, 1.54) is 0 Å². The highest BCUT2D eigenvalue weighted by Gasteiger charge is 2.13. The zero-order valence-electron chi connectivity index (χ0n) is 10.8. The second kappa shape index (κ2) is 5.06. The van der Waals surface area contributed by atoms with Crippen molar-refractivity contribution in [2.24, 2.45) is 0 Å². The van der Waals surface area contributed by atoms with E-state index in [4.69, 9.17) is 12.2 Å². The molecule has 1 aromatic carbocycles. The first-order valence-electron chi connectivity index (χ1n) is 6.09. The van der Waals surface area contributed by atoms with Crippen LogP contribution in [0.4, 0.5) is 4.39 Å². The fourth-order valence-electron chi connectivity index (χ4n) is 2.13. The number of rotatable bonds is 3. The molecular weight excluding hydrogens is 247 g/mol. The summed E-state index contributed by atoms with van der Waals surface area (Å²) >= 11 is 5.29. The summed E-state index contributed by atoms with van der Waals surface area (Å²) in [6.45, 7) is 5.88. The molecule has 1 heterocycles. The number of imidazole rings is 1. The molecule has 0 aliphatic heterocycles. The number of halogens is 1. The van der Waals surface area contributed by atoms with Crippen LogP contribution in [0.1, 0.15) is 36.7 Å². The van der Waals surface area contributed by atoms with Gasteiger partial charge in [-0.15, -0.1) is 0 Å². The average molecular weight is 264 g/mol. The van der Waals surface area contributed by atoms with Gasteiger partial charge in [0.05, 0.1) is 6.04 Å². The van der Waals surface area contributed by atoms with Gasteiger partial charge in [0.1, 0.15) is 5.82 Å². The van der Waals surface area contributed by atoms with Gasteiger partial charge in [0.25, 0.3) is 0 Å². The van der Waals surface area contributed by atoms with Crippen molar-refractivity contribution in [3.8, 4) is 0 Å². The largest absolute Gasteiger partial charge is 0.337 e. The van der Waals surface area contributed by atoms with Crippen molar-refractivity contribution in [3.05, 3.63) is 51.8 Å². The molecule has 0 fully saturated rings. The smallest absolute Gasteiger partial charge is 0.177 e. The Balaban J connectivity index is 2.47. The van der Waals surface area contributed by atoms with Crippen LogP contribution in [0, 0.1) is 17.5 Å². The summed E-state index contributed by atoms with van der Waals surface area (Å²) in [6, 6.07) is 5.39. The fraction of sp³-hybridized carbons (Fsp3) is 0.357. The Labute approximate surface area is 111 Å². The second-order valence-corrected chi connectivity index (χ2v) is 4.88. The summed E-state index contributed by atoms with van der Waals surface area (Å²) in [5, 5.41) is 0. The Kier molecular flexibility index (Phi) is 3.66. The first-order chi connectivity index (χ1) is 8.54. The Morgan fingerprint density at radius 1 is 1.44 bits per heavy atom. The minimum Gasteiger partial charge on any atom is -0.337 e. The number of nitrogens with zero attached hydrogens (tertiary/aromatic N) is 1. The number of nitrogens with one attached hydrogen (secondary N) is 1. The lowest BCUT2D eigenvalue weighted by Gasteiger charge is -2.17. The van der Waals surface area contributed by atoms with Crippen LogP contribution in [0.15, 0.2) is 24.4 Å². The van der Waals surface area contributed by atoms with Crippen LogP contribution >= 0.6 is 12.2 Å². The minimum absolute atomic E-state index is 0.0359. The van der Waals surface area contributed by atoms with Crippen LogP contribution < -0.4 is 0 Å². The summed E-state index contributed by atoms with van der Waals surface area (Å²) in [7, 11) is 0. The lowest BCUT2D eigenvalue weighted by atomic mass is 10.1. The molecule has 0 aliphatic rings. The first kappa shape index (κ1) is 13.0. The van der Waals surface area contributed by atoms with E-state index in [9.17, 15) is 4.39 Å². The van der Waals surface area contributed by atoms with E-state index in [1.807, 2.05) is 29.8 Å². The number of hydrogen-bond acceptors (Lipinski definition) is 1. The summed E-state index contributed by atoms with van der Waals surface area (Å²) < 4.78 is 16.3. The molecular formula is C14H17FN2S. The van der Waals surface area contributed by atoms with Crippen LogP contribution in [-0.2, 0) is 6.42 Å². The Hall–Kier alpha value is -1.42. The molecule has 2 nitrogen and oxygen atoms in total. The number of H-pyrrole nitrogens is 1. The van der Waals surface area contributed by atoms with Gasteiger partial charge in [-0.25, -0.2) is 4.39 Å². The normalized spacial score (nSPS) is 12.7. The lowest BCUT2D eigenvalue weighted by molar-refractivity contribution is 0.583. The molecule has 1 N–H and O–H groups in total. The standard InChI is InChI=1S/C14H17FN2S/c1-4-12-8-16-14(18)17(12)10(3)11-6-5-9(2)13(15)7-11/h5-8,10H,4H2,1-3H3,(H,16,18). The first-order valence-corrected chi connectivity index (χ1v) is 6.50. The topological polar surface area (TPSA) is 20.7 Å². The molecule has 0 bridgehead atoms. The maximum atomic E-state index is 13.6. The van der Waals surface area contributed by atoms with Gasteiger partial charge in [-0.2, -0.15) is 0 Å². The van der Waals surface area contributed by atoms with E-state index < -0.39 is 0 Å². The van der Waals surface area contributed by atoms with Crippen molar-refractivity contribution in [1.29, 1.82) is 0 Å². The predicted molar refractivity (Wildman–Crippen MR) is 73.9 cm³/mol. The highest BCUT2D eigenvalue weighted by Crippen LogP contribution is 2.22. The number of benzene rings is 1. The molecule has 4 heteroatoms. The molecule has 0 spiro atoms. The molecule has 0 saturated heterocycles. The SMILES string of the molecule is CCc1c[nH]c(=S)n1C(C)c1ccc(C)c(F)c1. The van der Waals surface area contributed by atoms with Crippen molar-refractivity contribution >= 4 is 12.2 Å². The van der Waals surface area contributed by atoms with E-state index in [-0.39, 0.29) is 11.9 Å². The van der Waals surface area contributed by atoms with Gasteiger partial charge in [-0.3, -0.25) is 0 Å². The average Bonchev–Trinajstić information content (AvgIpc) is 2.73. The van der Waals surface area contributed by atoms with E-state index in [2.05, 4.69) is 11.9 Å².